The molecule has 0 spiro atoms. The van der Waals surface area contributed by atoms with Crippen LogP contribution >= 0.6 is 0 Å². The summed E-state index contributed by atoms with van der Waals surface area (Å²) in [5.41, 5.74) is 2.73. The lowest BCUT2D eigenvalue weighted by Crippen LogP contribution is -2.36. The Bertz CT molecular complexity index is 696. The maximum atomic E-state index is 12.1. The van der Waals surface area contributed by atoms with Gasteiger partial charge < -0.3 is 19.5 Å². The zero-order chi connectivity index (χ0) is 17.5. The second-order valence-corrected chi connectivity index (χ2v) is 6.02. The number of aromatic hydroxyl groups is 1. The molecule has 0 radical (unpaired) electrons. The van der Waals surface area contributed by atoms with Crippen LogP contribution in [0.25, 0.3) is 0 Å². The number of phenols is 1. The van der Waals surface area contributed by atoms with E-state index in [0.29, 0.717) is 19.6 Å². The van der Waals surface area contributed by atoms with Gasteiger partial charge in [-0.05, 0) is 24.1 Å². The first-order chi connectivity index (χ1) is 12.2. The third-order valence-corrected chi connectivity index (χ3v) is 4.30. The number of hydrogen-bond donors (Lipinski definition) is 1. The van der Waals surface area contributed by atoms with Crippen molar-refractivity contribution in [2.45, 2.75) is 19.4 Å². The topological polar surface area (TPSA) is 59.0 Å². The van der Waals surface area contributed by atoms with Gasteiger partial charge >= 0.3 is 5.97 Å². The summed E-state index contributed by atoms with van der Waals surface area (Å²) in [4.78, 5) is 14.2. The summed E-state index contributed by atoms with van der Waals surface area (Å²) in [5, 5.41) is 10.2. The summed E-state index contributed by atoms with van der Waals surface area (Å²) in [6.45, 7) is 3.20. The molecule has 0 amide bonds. The SMILES string of the molecule is O=C(CCc1c(O)cccc1N1CCOCC1)OCc1ccccc1. The van der Waals surface area contributed by atoms with E-state index in [-0.39, 0.29) is 24.7 Å². The highest BCUT2D eigenvalue weighted by Crippen LogP contribution is 2.30. The number of anilines is 1. The number of phenolic OH excluding ortho intramolecular Hbond substituents is 1. The molecule has 1 saturated heterocycles. The first-order valence-electron chi connectivity index (χ1n) is 8.57. The second-order valence-electron chi connectivity index (χ2n) is 6.02. The predicted molar refractivity (Wildman–Crippen MR) is 95.7 cm³/mol. The Labute approximate surface area is 147 Å². The lowest BCUT2D eigenvalue weighted by molar-refractivity contribution is -0.144. The smallest absolute Gasteiger partial charge is 0.306 e. The molecule has 25 heavy (non-hydrogen) atoms. The van der Waals surface area contributed by atoms with E-state index in [9.17, 15) is 9.90 Å². The molecule has 2 aromatic rings. The number of hydrogen-bond acceptors (Lipinski definition) is 5. The lowest BCUT2D eigenvalue weighted by atomic mass is 10.0. The first kappa shape index (κ1) is 17.3. The standard InChI is InChI=1S/C20H23NO4/c22-19-8-4-7-18(21-11-13-24-14-12-21)17(19)9-10-20(23)25-15-16-5-2-1-3-6-16/h1-8,22H,9-15H2. The summed E-state index contributed by atoms with van der Waals surface area (Å²) in [6.07, 6.45) is 0.689. The summed E-state index contributed by atoms with van der Waals surface area (Å²) >= 11 is 0. The minimum absolute atomic E-state index is 0.222. The average Bonchev–Trinajstić information content (AvgIpc) is 2.67. The second kappa shape index (κ2) is 8.53. The normalized spacial score (nSPS) is 14.3. The number of carbonyl (C=O) groups excluding carboxylic acids is 1. The molecule has 1 N–H and O–H groups in total. The molecule has 1 aliphatic heterocycles. The fourth-order valence-electron chi connectivity index (χ4n) is 2.96. The number of carbonyl (C=O) groups is 1. The molecule has 5 nitrogen and oxygen atoms in total. The van der Waals surface area contributed by atoms with Crippen LogP contribution in [0.1, 0.15) is 17.5 Å². The van der Waals surface area contributed by atoms with E-state index >= 15 is 0 Å². The quantitative estimate of drug-likeness (QED) is 0.819. The van der Waals surface area contributed by atoms with Gasteiger partial charge in [0, 0.05) is 30.8 Å². The Hall–Kier alpha value is -2.53. The van der Waals surface area contributed by atoms with E-state index in [4.69, 9.17) is 9.47 Å². The van der Waals surface area contributed by atoms with Gasteiger partial charge in [-0.3, -0.25) is 4.79 Å². The maximum Gasteiger partial charge on any atom is 0.306 e. The van der Waals surface area contributed by atoms with E-state index in [1.807, 2.05) is 42.5 Å². The molecule has 0 unspecified atom stereocenters. The van der Waals surface area contributed by atoms with Crippen LogP contribution in [0.15, 0.2) is 48.5 Å². The Balaban J connectivity index is 1.59. The van der Waals surface area contributed by atoms with Crippen molar-refractivity contribution in [3.8, 4) is 5.75 Å². The molecule has 0 aliphatic carbocycles. The van der Waals surface area contributed by atoms with Gasteiger partial charge in [0.1, 0.15) is 12.4 Å². The Kier molecular flexibility index (Phi) is 5.90. The monoisotopic (exact) mass is 341 g/mol. The van der Waals surface area contributed by atoms with Gasteiger partial charge in [-0.2, -0.15) is 0 Å². The van der Waals surface area contributed by atoms with E-state index in [2.05, 4.69) is 4.90 Å². The lowest BCUT2D eigenvalue weighted by Gasteiger charge is -2.30. The van der Waals surface area contributed by atoms with Crippen molar-refractivity contribution in [1.82, 2.24) is 0 Å². The molecular weight excluding hydrogens is 318 g/mol. The van der Waals surface area contributed by atoms with Crippen LogP contribution in [-0.4, -0.2) is 37.4 Å². The van der Waals surface area contributed by atoms with Crippen LogP contribution in [0.5, 0.6) is 5.75 Å². The Morgan fingerprint density at radius 2 is 1.84 bits per heavy atom. The van der Waals surface area contributed by atoms with Crippen LogP contribution in [0.3, 0.4) is 0 Å². The van der Waals surface area contributed by atoms with E-state index in [1.54, 1.807) is 6.07 Å². The van der Waals surface area contributed by atoms with Crippen LogP contribution in [-0.2, 0) is 27.3 Å². The minimum atomic E-state index is -0.264. The summed E-state index contributed by atoms with van der Waals surface area (Å²) in [7, 11) is 0. The van der Waals surface area contributed by atoms with E-state index < -0.39 is 0 Å². The van der Waals surface area contributed by atoms with Crippen LogP contribution in [0.2, 0.25) is 0 Å². The minimum Gasteiger partial charge on any atom is -0.508 e. The van der Waals surface area contributed by atoms with Crippen molar-refractivity contribution in [2.24, 2.45) is 0 Å². The number of benzene rings is 2. The van der Waals surface area contributed by atoms with Crippen LogP contribution < -0.4 is 4.90 Å². The molecule has 1 heterocycles. The van der Waals surface area contributed by atoms with E-state index in [0.717, 1.165) is 29.9 Å². The highest BCUT2D eigenvalue weighted by Gasteiger charge is 2.18. The van der Waals surface area contributed by atoms with Gasteiger partial charge in [-0.15, -0.1) is 0 Å². The Morgan fingerprint density at radius 1 is 1.08 bits per heavy atom. The summed E-state index contributed by atoms with van der Waals surface area (Å²) < 4.78 is 10.7. The van der Waals surface area contributed by atoms with Gasteiger partial charge in [-0.1, -0.05) is 36.4 Å². The molecular formula is C20H23NO4. The zero-order valence-corrected chi connectivity index (χ0v) is 14.2. The predicted octanol–water partition coefficient (Wildman–Crippen LogP) is 2.90. The molecule has 3 rings (SSSR count). The fourth-order valence-corrected chi connectivity index (χ4v) is 2.96. The Morgan fingerprint density at radius 3 is 2.60 bits per heavy atom. The van der Waals surface area contributed by atoms with Gasteiger partial charge in [0.2, 0.25) is 0 Å². The first-order valence-corrected chi connectivity index (χ1v) is 8.57. The fraction of sp³-hybridized carbons (Fsp3) is 0.350. The maximum absolute atomic E-state index is 12.1. The number of ether oxygens (including phenoxy) is 2. The van der Waals surface area contributed by atoms with Gasteiger partial charge in [0.15, 0.2) is 0 Å². The third-order valence-electron chi connectivity index (χ3n) is 4.30. The summed E-state index contributed by atoms with van der Waals surface area (Å²) in [5.74, 6) is -0.0418. The highest BCUT2D eigenvalue weighted by atomic mass is 16.5. The number of rotatable bonds is 6. The molecule has 0 aromatic heterocycles. The highest BCUT2D eigenvalue weighted by molar-refractivity contribution is 5.71. The number of morpholine rings is 1. The van der Waals surface area contributed by atoms with E-state index in [1.165, 1.54) is 0 Å². The largest absolute Gasteiger partial charge is 0.508 e. The van der Waals surface area contributed by atoms with Crippen molar-refractivity contribution in [3.05, 3.63) is 59.7 Å². The third kappa shape index (κ3) is 4.73. The zero-order valence-electron chi connectivity index (χ0n) is 14.2. The van der Waals surface area contributed by atoms with Gasteiger partial charge in [0.25, 0.3) is 0 Å². The van der Waals surface area contributed by atoms with Crippen molar-refractivity contribution >= 4 is 11.7 Å². The van der Waals surface area contributed by atoms with Crippen molar-refractivity contribution in [2.75, 3.05) is 31.2 Å². The van der Waals surface area contributed by atoms with Crippen molar-refractivity contribution in [3.63, 3.8) is 0 Å². The molecule has 0 atom stereocenters. The van der Waals surface area contributed by atoms with Crippen LogP contribution in [0.4, 0.5) is 5.69 Å². The molecule has 5 heteroatoms. The molecule has 0 saturated carbocycles. The van der Waals surface area contributed by atoms with Gasteiger partial charge in [0.05, 0.1) is 13.2 Å². The number of esters is 1. The number of nitrogens with zero attached hydrogens (tertiary/aromatic N) is 1. The van der Waals surface area contributed by atoms with Crippen molar-refractivity contribution < 1.29 is 19.4 Å². The van der Waals surface area contributed by atoms with Crippen LogP contribution in [0, 0.1) is 0 Å². The van der Waals surface area contributed by atoms with Gasteiger partial charge in [-0.25, -0.2) is 0 Å². The molecule has 1 fully saturated rings. The molecule has 0 bridgehead atoms. The molecule has 2 aromatic carbocycles. The average molecular weight is 341 g/mol. The molecule has 1 aliphatic rings. The molecule has 132 valence electrons. The van der Waals surface area contributed by atoms with Crippen molar-refractivity contribution in [1.29, 1.82) is 0 Å². The summed E-state index contributed by atoms with van der Waals surface area (Å²) in [6, 6.07) is 15.1.